The maximum atomic E-state index is 2.41. The largest absolute Gasteiger partial charge is 0.310 e. The van der Waals surface area contributed by atoms with Crippen molar-refractivity contribution in [1.82, 2.24) is 0 Å². The van der Waals surface area contributed by atoms with Crippen molar-refractivity contribution in [2.24, 2.45) is 0 Å². The van der Waals surface area contributed by atoms with Gasteiger partial charge in [-0.2, -0.15) is 0 Å². The monoisotopic (exact) mass is 755 g/mol. The summed E-state index contributed by atoms with van der Waals surface area (Å²) in [5, 5.41) is 7.63. The zero-order valence-electron chi connectivity index (χ0n) is 31.7. The SMILES string of the molecule is c1cc(-c2ccc(N(c3ccc(-c4cccc5ccccc45)cc3)c3ccccc3-c3cccc4ccccc34)cc2)cc(-c2cccc3c2sc2ccccc23)c1. The molecule has 0 aliphatic carbocycles. The smallest absolute Gasteiger partial charge is 0.0540 e. The Hall–Kier alpha value is -7.26. The summed E-state index contributed by atoms with van der Waals surface area (Å²) >= 11 is 1.88. The summed E-state index contributed by atoms with van der Waals surface area (Å²) < 4.78 is 2.66. The molecule has 0 saturated heterocycles. The number of hydrogen-bond donors (Lipinski definition) is 0. The maximum Gasteiger partial charge on any atom is 0.0540 e. The molecule has 2 heteroatoms. The Kier molecular flexibility index (Phi) is 8.42. The Morgan fingerprint density at radius 2 is 0.793 bits per heavy atom. The fourth-order valence-corrected chi connectivity index (χ4v) is 9.93. The lowest BCUT2D eigenvalue weighted by Crippen LogP contribution is -2.11. The Labute approximate surface area is 342 Å². The first-order valence-electron chi connectivity index (χ1n) is 19.8. The third kappa shape index (κ3) is 5.94. The molecule has 0 saturated carbocycles. The third-order valence-electron chi connectivity index (χ3n) is 11.5. The van der Waals surface area contributed by atoms with Gasteiger partial charge in [0.15, 0.2) is 0 Å². The minimum Gasteiger partial charge on any atom is -0.310 e. The van der Waals surface area contributed by atoms with Gasteiger partial charge in [-0.15, -0.1) is 11.3 Å². The van der Waals surface area contributed by atoms with Crippen molar-refractivity contribution in [2.45, 2.75) is 0 Å². The summed E-state index contributed by atoms with van der Waals surface area (Å²) in [6.07, 6.45) is 0. The number of anilines is 3. The fourth-order valence-electron chi connectivity index (χ4n) is 8.69. The van der Waals surface area contributed by atoms with E-state index in [2.05, 4.69) is 229 Å². The van der Waals surface area contributed by atoms with E-state index in [-0.39, 0.29) is 0 Å². The summed E-state index contributed by atoms with van der Waals surface area (Å²) in [6.45, 7) is 0. The van der Waals surface area contributed by atoms with E-state index in [0.717, 1.165) is 17.1 Å². The second-order valence-corrected chi connectivity index (χ2v) is 15.9. The van der Waals surface area contributed by atoms with Crippen LogP contribution in [0.1, 0.15) is 0 Å². The van der Waals surface area contributed by atoms with Crippen LogP contribution < -0.4 is 4.90 Å². The van der Waals surface area contributed by atoms with E-state index in [9.17, 15) is 0 Å². The first-order chi connectivity index (χ1) is 28.8. The van der Waals surface area contributed by atoms with Crippen LogP contribution in [0.5, 0.6) is 0 Å². The van der Waals surface area contributed by atoms with Gasteiger partial charge in [0.05, 0.1) is 5.69 Å². The molecule has 0 unspecified atom stereocenters. The highest BCUT2D eigenvalue weighted by atomic mass is 32.1. The average Bonchev–Trinajstić information content (AvgIpc) is 3.69. The van der Waals surface area contributed by atoms with Gasteiger partial charge in [0.25, 0.3) is 0 Å². The van der Waals surface area contributed by atoms with Gasteiger partial charge in [0.2, 0.25) is 0 Å². The number of hydrogen-bond acceptors (Lipinski definition) is 2. The molecule has 0 bridgehead atoms. The molecule has 1 nitrogen and oxygen atoms in total. The number of rotatable bonds is 7. The second-order valence-electron chi connectivity index (χ2n) is 14.9. The molecule has 58 heavy (non-hydrogen) atoms. The lowest BCUT2D eigenvalue weighted by Gasteiger charge is -2.28. The van der Waals surface area contributed by atoms with Gasteiger partial charge in [-0.25, -0.2) is 0 Å². The molecule has 0 spiro atoms. The molecular formula is C56H37NS. The molecule has 11 aromatic rings. The number of thiophene rings is 1. The summed E-state index contributed by atoms with van der Waals surface area (Å²) in [5.74, 6) is 0. The molecular weight excluding hydrogens is 719 g/mol. The van der Waals surface area contributed by atoms with Crippen molar-refractivity contribution in [2.75, 3.05) is 4.90 Å². The fraction of sp³-hybridized carbons (Fsp3) is 0. The van der Waals surface area contributed by atoms with E-state index in [4.69, 9.17) is 0 Å². The lowest BCUT2D eigenvalue weighted by atomic mass is 9.95. The predicted molar refractivity (Wildman–Crippen MR) is 251 cm³/mol. The molecule has 0 radical (unpaired) electrons. The standard InChI is InChI=1S/C56H37NS/c1-3-19-46-39(13-1)15-10-23-47(46)41-31-35-45(36-32-41)57(54-27-7-5-21-51(54)50-25-11-16-40-14-2-4-20-48(40)50)44-33-29-38(30-34-44)42-17-9-18-43(37-42)49-24-12-26-53-52-22-6-8-28-55(52)58-56(49)53/h1-37H. The molecule has 1 aromatic heterocycles. The van der Waals surface area contributed by atoms with Crippen molar-refractivity contribution < 1.29 is 0 Å². The minimum absolute atomic E-state index is 1.10. The van der Waals surface area contributed by atoms with Crippen LogP contribution in [0.4, 0.5) is 17.1 Å². The van der Waals surface area contributed by atoms with Crippen molar-refractivity contribution in [3.63, 3.8) is 0 Å². The molecule has 272 valence electrons. The van der Waals surface area contributed by atoms with Crippen LogP contribution in [0.25, 0.3) is 86.2 Å². The van der Waals surface area contributed by atoms with Crippen LogP contribution in [0.15, 0.2) is 224 Å². The second kappa shape index (κ2) is 14.4. The van der Waals surface area contributed by atoms with Gasteiger partial charge in [-0.3, -0.25) is 0 Å². The van der Waals surface area contributed by atoms with Gasteiger partial charge in [0.1, 0.15) is 0 Å². The van der Waals surface area contributed by atoms with Crippen LogP contribution in [-0.2, 0) is 0 Å². The molecule has 0 N–H and O–H groups in total. The zero-order valence-corrected chi connectivity index (χ0v) is 32.5. The topological polar surface area (TPSA) is 3.24 Å². The van der Waals surface area contributed by atoms with E-state index in [1.54, 1.807) is 0 Å². The van der Waals surface area contributed by atoms with Crippen LogP contribution in [0, 0.1) is 0 Å². The number of fused-ring (bicyclic) bond motifs is 5. The van der Waals surface area contributed by atoms with E-state index < -0.39 is 0 Å². The van der Waals surface area contributed by atoms with Crippen molar-refractivity contribution in [1.29, 1.82) is 0 Å². The van der Waals surface area contributed by atoms with E-state index in [1.807, 2.05) is 11.3 Å². The summed E-state index contributed by atoms with van der Waals surface area (Å²) in [5.41, 5.74) is 13.1. The third-order valence-corrected chi connectivity index (χ3v) is 12.7. The minimum atomic E-state index is 1.10. The maximum absolute atomic E-state index is 2.41. The molecule has 10 aromatic carbocycles. The summed E-state index contributed by atoms with van der Waals surface area (Å²) in [6, 6.07) is 81.9. The number of nitrogens with zero attached hydrogens (tertiary/aromatic N) is 1. The quantitative estimate of drug-likeness (QED) is 0.157. The Morgan fingerprint density at radius 3 is 1.55 bits per heavy atom. The zero-order chi connectivity index (χ0) is 38.4. The van der Waals surface area contributed by atoms with Gasteiger partial charge in [-0.05, 0) is 103 Å². The van der Waals surface area contributed by atoms with Crippen LogP contribution >= 0.6 is 11.3 Å². The van der Waals surface area contributed by atoms with Crippen molar-refractivity contribution in [3.8, 4) is 44.5 Å². The van der Waals surface area contributed by atoms with Crippen LogP contribution in [-0.4, -0.2) is 0 Å². The first-order valence-corrected chi connectivity index (χ1v) is 20.7. The van der Waals surface area contributed by atoms with E-state index in [1.165, 1.54) is 86.2 Å². The molecule has 0 amide bonds. The van der Waals surface area contributed by atoms with Crippen molar-refractivity contribution >= 4 is 70.1 Å². The number of para-hydroxylation sites is 1. The molecule has 1 heterocycles. The Balaban J connectivity index is 1.02. The highest BCUT2D eigenvalue weighted by molar-refractivity contribution is 7.26. The van der Waals surface area contributed by atoms with E-state index >= 15 is 0 Å². The highest BCUT2D eigenvalue weighted by Crippen LogP contribution is 2.45. The lowest BCUT2D eigenvalue weighted by molar-refractivity contribution is 1.28. The summed E-state index contributed by atoms with van der Waals surface area (Å²) in [4.78, 5) is 2.41. The molecule has 11 rings (SSSR count). The summed E-state index contributed by atoms with van der Waals surface area (Å²) in [7, 11) is 0. The molecule has 0 fully saturated rings. The highest BCUT2D eigenvalue weighted by Gasteiger charge is 2.19. The number of benzene rings is 10. The van der Waals surface area contributed by atoms with Gasteiger partial charge in [-0.1, -0.05) is 182 Å². The first kappa shape index (κ1) is 34.0. The Bertz CT molecular complexity index is 3270. The van der Waals surface area contributed by atoms with Gasteiger partial charge < -0.3 is 4.90 Å². The normalized spacial score (nSPS) is 11.4. The van der Waals surface area contributed by atoms with Gasteiger partial charge >= 0.3 is 0 Å². The van der Waals surface area contributed by atoms with Gasteiger partial charge in [0, 0.05) is 37.1 Å². The molecule has 0 atom stereocenters. The average molecular weight is 756 g/mol. The van der Waals surface area contributed by atoms with E-state index in [0.29, 0.717) is 0 Å². The predicted octanol–water partition coefficient (Wildman–Crippen LogP) is 16.5. The van der Waals surface area contributed by atoms with Crippen LogP contribution in [0.3, 0.4) is 0 Å². The van der Waals surface area contributed by atoms with Crippen molar-refractivity contribution in [3.05, 3.63) is 224 Å². The van der Waals surface area contributed by atoms with Crippen LogP contribution in [0.2, 0.25) is 0 Å². The Morgan fingerprint density at radius 1 is 0.293 bits per heavy atom. The molecule has 0 aliphatic rings. The molecule has 0 aliphatic heterocycles.